The first-order valence-electron chi connectivity index (χ1n) is 43.8. The van der Waals surface area contributed by atoms with E-state index in [1.807, 2.05) is 0 Å². The van der Waals surface area contributed by atoms with Gasteiger partial charge < -0.3 is 33.8 Å². The summed E-state index contributed by atoms with van der Waals surface area (Å²) in [5.74, 6) is -0.562. The molecule has 0 bridgehead atoms. The fraction of sp³-hybridized carbons (Fsp3) is 0.907. The smallest absolute Gasteiger partial charge is 0.462 e. The average Bonchev–Trinajstić information content (AvgIpc) is 0.938. The SMILES string of the molecule is CCCCCC/C=C\C=C/CCCCCCCC(=O)O[C@H](COC(=O)CCCCCCCCCCC(C)C)COP(=O)(O)OC[C@H](O)COP(=O)(O)OC[C@@H](COC(=O)CCCCCCCCCCCCCCCCC(C)CC)OC(=O)CCCCCCCCCCCCCCCCCCCCCCC. The van der Waals surface area contributed by atoms with Gasteiger partial charge in [0.25, 0.3) is 0 Å². The minimum absolute atomic E-state index is 0.0847. The Morgan fingerprint density at radius 3 is 0.857 bits per heavy atom. The third kappa shape index (κ3) is 78.0. The van der Waals surface area contributed by atoms with Crippen molar-refractivity contribution in [3.63, 3.8) is 0 Å². The molecule has 0 rings (SSSR count). The van der Waals surface area contributed by atoms with Crippen molar-refractivity contribution < 1.29 is 80.2 Å². The third-order valence-corrected chi connectivity index (χ3v) is 21.8. The van der Waals surface area contributed by atoms with Crippen LogP contribution in [0.2, 0.25) is 0 Å². The van der Waals surface area contributed by atoms with E-state index in [1.165, 1.54) is 231 Å². The van der Waals surface area contributed by atoms with Crippen LogP contribution in [0.3, 0.4) is 0 Å². The molecule has 0 aliphatic heterocycles. The predicted molar refractivity (Wildman–Crippen MR) is 432 cm³/mol. The van der Waals surface area contributed by atoms with Gasteiger partial charge in [-0.1, -0.05) is 380 Å². The molecule has 0 radical (unpaired) electrons. The van der Waals surface area contributed by atoms with Crippen LogP contribution in [0, 0.1) is 11.8 Å². The van der Waals surface area contributed by atoms with Crippen LogP contribution in [-0.4, -0.2) is 96.7 Å². The van der Waals surface area contributed by atoms with Crippen LogP contribution in [0.4, 0.5) is 0 Å². The van der Waals surface area contributed by atoms with E-state index in [4.69, 9.17) is 37.0 Å². The second-order valence-electron chi connectivity index (χ2n) is 31.0. The lowest BCUT2D eigenvalue weighted by Crippen LogP contribution is -2.30. The molecular formula is C86H164O17P2. The number of phosphoric ester groups is 2. The lowest BCUT2D eigenvalue weighted by atomic mass is 9.99. The van der Waals surface area contributed by atoms with E-state index in [-0.39, 0.29) is 25.7 Å². The molecule has 0 spiro atoms. The van der Waals surface area contributed by atoms with Gasteiger partial charge in [-0.15, -0.1) is 0 Å². The van der Waals surface area contributed by atoms with Gasteiger partial charge in [-0.25, -0.2) is 9.13 Å². The first-order chi connectivity index (χ1) is 50.9. The van der Waals surface area contributed by atoms with Gasteiger partial charge in [-0.2, -0.15) is 0 Å². The first kappa shape index (κ1) is 103. The topological polar surface area (TPSA) is 237 Å². The summed E-state index contributed by atoms with van der Waals surface area (Å²) in [4.78, 5) is 73.2. The van der Waals surface area contributed by atoms with Crippen molar-refractivity contribution in [1.29, 1.82) is 0 Å². The predicted octanol–water partition coefficient (Wildman–Crippen LogP) is 25.8. The second kappa shape index (κ2) is 76.9. The molecule has 105 heavy (non-hydrogen) atoms. The Bertz CT molecular complexity index is 2110. The summed E-state index contributed by atoms with van der Waals surface area (Å²) in [6.45, 7) is 9.61. The van der Waals surface area contributed by atoms with E-state index in [1.54, 1.807) is 0 Å². The number of esters is 4. The van der Waals surface area contributed by atoms with Gasteiger partial charge in [0.05, 0.1) is 26.4 Å². The zero-order valence-electron chi connectivity index (χ0n) is 68.5. The molecule has 0 aromatic carbocycles. The van der Waals surface area contributed by atoms with Crippen LogP contribution in [-0.2, 0) is 65.4 Å². The number of unbranched alkanes of at least 4 members (excludes halogenated alkanes) is 49. The molecule has 0 aliphatic carbocycles. The first-order valence-corrected chi connectivity index (χ1v) is 46.8. The normalized spacial score (nSPS) is 14.2. The zero-order chi connectivity index (χ0) is 77.1. The van der Waals surface area contributed by atoms with Crippen LogP contribution >= 0.6 is 15.6 Å². The Kier molecular flexibility index (Phi) is 75.1. The Hall–Kier alpha value is -2.46. The molecule has 19 heteroatoms. The van der Waals surface area contributed by atoms with E-state index in [9.17, 15) is 43.2 Å². The molecule has 3 unspecified atom stereocenters. The highest BCUT2D eigenvalue weighted by molar-refractivity contribution is 7.47. The maximum Gasteiger partial charge on any atom is 0.472 e. The molecule has 6 atom stereocenters. The fourth-order valence-corrected chi connectivity index (χ4v) is 14.4. The molecule has 0 saturated heterocycles. The summed E-state index contributed by atoms with van der Waals surface area (Å²) in [6, 6.07) is 0. The molecule has 0 amide bonds. The lowest BCUT2D eigenvalue weighted by Gasteiger charge is -2.21. The van der Waals surface area contributed by atoms with Gasteiger partial charge in [0.2, 0.25) is 0 Å². The van der Waals surface area contributed by atoms with Gasteiger partial charge in [-0.05, 0) is 63.2 Å². The number of aliphatic hydroxyl groups is 1. The molecule has 0 fully saturated rings. The standard InChI is InChI=1S/C86H164O17P2/c1-7-10-12-14-16-18-20-22-24-25-26-27-28-29-31-37-41-45-53-59-65-71-85(90)102-81(74-96-83(88)68-62-56-50-43-39-35-33-32-34-38-42-49-55-61-67-79(6)9-3)76-100-104(92,93)98-72-80(87)73-99-105(94,95)101-77-82(75-97-84(89)69-63-57-51-47-46-48-54-60-66-78(4)5)103-86(91)70-64-58-52-44-40-36-30-23-21-19-17-15-13-11-8-2/h19,21,23,30,78-82,87H,7-18,20,22,24-29,31-77H2,1-6H3,(H,92,93)(H,94,95)/b21-19-,30-23-/t79?,80-,81-,82-/m1/s1. The molecule has 0 saturated carbocycles. The van der Waals surface area contributed by atoms with Gasteiger partial charge in [0, 0.05) is 25.7 Å². The molecule has 0 aliphatic rings. The minimum atomic E-state index is -4.97. The van der Waals surface area contributed by atoms with E-state index in [0.29, 0.717) is 25.7 Å². The van der Waals surface area contributed by atoms with Crippen LogP contribution in [0.25, 0.3) is 0 Å². The summed E-state index contributed by atoms with van der Waals surface area (Å²) >= 11 is 0. The van der Waals surface area contributed by atoms with Gasteiger partial charge in [0.1, 0.15) is 19.3 Å². The van der Waals surface area contributed by atoms with Gasteiger partial charge in [-0.3, -0.25) is 37.3 Å². The lowest BCUT2D eigenvalue weighted by molar-refractivity contribution is -0.161. The Labute approximate surface area is 643 Å². The molecule has 0 heterocycles. The quantitative estimate of drug-likeness (QED) is 0.0169. The van der Waals surface area contributed by atoms with Crippen molar-refractivity contribution in [2.45, 2.75) is 452 Å². The maximum atomic E-state index is 13.1. The van der Waals surface area contributed by atoms with Crippen molar-refractivity contribution in [2.75, 3.05) is 39.6 Å². The van der Waals surface area contributed by atoms with Crippen LogP contribution in [0.5, 0.6) is 0 Å². The number of aliphatic hydroxyl groups excluding tert-OH is 1. The van der Waals surface area contributed by atoms with Crippen molar-refractivity contribution in [2.24, 2.45) is 11.8 Å². The van der Waals surface area contributed by atoms with Crippen molar-refractivity contribution in [3.8, 4) is 0 Å². The summed E-state index contributed by atoms with van der Waals surface area (Å²) < 4.78 is 68.8. The number of phosphoric acid groups is 2. The Morgan fingerprint density at radius 2 is 0.562 bits per heavy atom. The number of ether oxygens (including phenoxy) is 4. The molecule has 620 valence electrons. The second-order valence-corrected chi connectivity index (χ2v) is 33.9. The average molecular weight is 1530 g/mol. The maximum absolute atomic E-state index is 13.1. The zero-order valence-corrected chi connectivity index (χ0v) is 70.3. The third-order valence-electron chi connectivity index (χ3n) is 19.9. The fourth-order valence-electron chi connectivity index (χ4n) is 12.8. The Morgan fingerprint density at radius 1 is 0.314 bits per heavy atom. The minimum Gasteiger partial charge on any atom is -0.462 e. The van der Waals surface area contributed by atoms with E-state index in [0.717, 1.165) is 121 Å². The number of rotatable bonds is 83. The number of hydrogen-bond acceptors (Lipinski definition) is 15. The Balaban J connectivity index is 5.27. The van der Waals surface area contributed by atoms with Crippen LogP contribution in [0.1, 0.15) is 433 Å². The van der Waals surface area contributed by atoms with Crippen molar-refractivity contribution in [1.82, 2.24) is 0 Å². The molecule has 3 N–H and O–H groups in total. The number of carbonyl (C=O) groups excluding carboxylic acids is 4. The molecule has 0 aromatic heterocycles. The molecule has 0 aromatic rings. The van der Waals surface area contributed by atoms with Gasteiger partial charge in [0.15, 0.2) is 12.2 Å². The van der Waals surface area contributed by atoms with Gasteiger partial charge >= 0.3 is 39.5 Å². The summed E-state index contributed by atoms with van der Waals surface area (Å²) in [7, 11) is -9.94. The number of hydrogen-bond donors (Lipinski definition) is 3. The summed E-state index contributed by atoms with van der Waals surface area (Å²) in [5, 5.41) is 10.7. The van der Waals surface area contributed by atoms with Crippen molar-refractivity contribution in [3.05, 3.63) is 24.3 Å². The highest BCUT2D eigenvalue weighted by Crippen LogP contribution is 2.45. The van der Waals surface area contributed by atoms with Crippen LogP contribution < -0.4 is 0 Å². The highest BCUT2D eigenvalue weighted by atomic mass is 31.2. The summed E-state index contributed by atoms with van der Waals surface area (Å²) in [5.41, 5.74) is 0. The van der Waals surface area contributed by atoms with E-state index >= 15 is 0 Å². The summed E-state index contributed by atoms with van der Waals surface area (Å²) in [6.07, 6.45) is 71.7. The highest BCUT2D eigenvalue weighted by Gasteiger charge is 2.30. The largest absolute Gasteiger partial charge is 0.472 e. The number of carbonyl (C=O) groups is 4. The van der Waals surface area contributed by atoms with Crippen molar-refractivity contribution >= 4 is 39.5 Å². The van der Waals surface area contributed by atoms with Crippen LogP contribution in [0.15, 0.2) is 24.3 Å². The monoisotopic (exact) mass is 1530 g/mol. The van der Waals surface area contributed by atoms with E-state index in [2.05, 4.69) is 65.8 Å². The number of allylic oxidation sites excluding steroid dienone is 4. The molecular weight excluding hydrogens is 1370 g/mol. The molecule has 17 nitrogen and oxygen atoms in total. The van der Waals surface area contributed by atoms with E-state index < -0.39 is 97.5 Å².